The lowest BCUT2D eigenvalue weighted by atomic mass is 10.3. The number of nitrogen functional groups attached to an aromatic ring is 1. The van der Waals surface area contributed by atoms with Gasteiger partial charge < -0.3 is 50.1 Å². The van der Waals surface area contributed by atoms with Crippen molar-refractivity contribution in [1.82, 2.24) is 23.7 Å². The van der Waals surface area contributed by atoms with Crippen LogP contribution in [-0.2, 0) is 38.8 Å². The van der Waals surface area contributed by atoms with Crippen LogP contribution in [0.2, 0.25) is 0 Å². The van der Waals surface area contributed by atoms with Crippen molar-refractivity contribution in [3.05, 3.63) is 141 Å². The number of hydrogen-bond acceptors (Lipinski definition) is 14. The molecule has 0 aliphatic carbocycles. The molecule has 0 amide bonds. The summed E-state index contributed by atoms with van der Waals surface area (Å²) in [5, 5.41) is 8.36. The maximum atomic E-state index is 11.7. The molecule has 0 bridgehead atoms. The van der Waals surface area contributed by atoms with Gasteiger partial charge in [-0.25, -0.2) is 0 Å². The van der Waals surface area contributed by atoms with Crippen LogP contribution in [0.5, 0.6) is 5.75 Å². The Bertz CT molecular complexity index is 2560. The summed E-state index contributed by atoms with van der Waals surface area (Å²) in [6.07, 6.45) is 0. The Labute approximate surface area is 358 Å². The summed E-state index contributed by atoms with van der Waals surface area (Å²) in [6.45, 7) is 13.9. The molecular weight excluding hydrogens is 803 g/mol. The number of nitrogens with two attached hydrogens (primary N) is 1. The van der Waals surface area contributed by atoms with E-state index in [-0.39, 0.29) is 77.1 Å². The first kappa shape index (κ1) is 52.4. The predicted molar refractivity (Wildman–Crippen MR) is 242 cm³/mol. The highest BCUT2D eigenvalue weighted by atomic mass is 16.5. The smallest absolute Gasteiger partial charge is 0.298 e. The van der Waals surface area contributed by atoms with Gasteiger partial charge in [-0.15, -0.1) is 0 Å². The maximum absolute atomic E-state index is 11.7. The lowest BCUT2D eigenvalue weighted by Crippen LogP contribution is -2.26. The molecule has 5 heterocycles. The van der Waals surface area contributed by atoms with E-state index in [1.807, 2.05) is 39.0 Å². The molecule has 0 aliphatic rings. The fourth-order valence-electron chi connectivity index (χ4n) is 5.14. The minimum Gasteiger partial charge on any atom is -0.423 e. The molecule has 0 radical (unpaired) electrons. The third kappa shape index (κ3) is 17.0. The van der Waals surface area contributed by atoms with Crippen LogP contribution >= 0.6 is 0 Å². The number of aryl methyl sites for hydroxylation is 5. The van der Waals surface area contributed by atoms with Crippen LogP contribution in [0, 0.1) is 34.6 Å². The van der Waals surface area contributed by atoms with Gasteiger partial charge in [0.1, 0.15) is 34.4 Å². The van der Waals surface area contributed by atoms with Gasteiger partial charge in [0.15, 0.2) is 5.75 Å². The molecule has 5 rings (SSSR count). The van der Waals surface area contributed by atoms with E-state index in [4.69, 9.17) is 5.73 Å². The van der Waals surface area contributed by atoms with E-state index in [0.717, 1.165) is 28.5 Å². The molecule has 0 aliphatic heterocycles. The molecule has 0 atom stereocenters. The van der Waals surface area contributed by atoms with Gasteiger partial charge in [0, 0.05) is 49.6 Å². The Morgan fingerprint density at radius 3 is 1.26 bits per heavy atom. The van der Waals surface area contributed by atoms with Crippen molar-refractivity contribution in [2.75, 3.05) is 42.8 Å². The van der Waals surface area contributed by atoms with Gasteiger partial charge in [0.2, 0.25) is 0 Å². The highest BCUT2D eigenvalue weighted by molar-refractivity contribution is 5.76. The number of nitrogens with zero attached hydrogens (tertiary/aromatic N) is 3. The number of nitrogens with one attached hydrogen (secondary N) is 5. The minimum absolute atomic E-state index is 0.0191. The zero-order valence-corrected chi connectivity index (χ0v) is 37.0. The first-order chi connectivity index (χ1) is 29.1. The Kier molecular flexibility index (Phi) is 21.8. The summed E-state index contributed by atoms with van der Waals surface area (Å²) < 4.78 is 8.67. The second kappa shape index (κ2) is 25.8. The third-order valence-electron chi connectivity index (χ3n) is 8.41. The average molecular weight is 860 g/mol. The number of aromatic nitrogens is 5. The van der Waals surface area contributed by atoms with Crippen LogP contribution in [0.1, 0.15) is 49.2 Å². The summed E-state index contributed by atoms with van der Waals surface area (Å²) >= 11 is 0. The molecule has 0 fully saturated rings. The summed E-state index contributed by atoms with van der Waals surface area (Å²) in [6, 6.07) is 17.0. The van der Waals surface area contributed by atoms with Crippen molar-refractivity contribution in [1.29, 1.82) is 0 Å². The molecular formula is C43H57N9O10. The molecule has 0 unspecified atom stereocenters. The second-order valence-corrected chi connectivity index (χ2v) is 13.7. The molecule has 0 spiro atoms. The van der Waals surface area contributed by atoms with Crippen LogP contribution in [0.3, 0.4) is 0 Å². The van der Waals surface area contributed by atoms with Crippen molar-refractivity contribution >= 4 is 46.6 Å². The summed E-state index contributed by atoms with van der Waals surface area (Å²) in [5.74, 6) is -0.0895. The predicted octanol–water partition coefficient (Wildman–Crippen LogP) is 2.85. The number of pyridine rings is 5. The van der Waals surface area contributed by atoms with Crippen LogP contribution in [0.15, 0.2) is 84.6 Å². The number of hydrogen-bond donors (Lipinski definition) is 6. The number of Topliss-reactive ketones (excluding diaryl/α,β-unsaturated/α-hetero) is 3. The van der Waals surface area contributed by atoms with Crippen molar-refractivity contribution in [3.8, 4) is 5.75 Å². The van der Waals surface area contributed by atoms with Crippen LogP contribution in [0.4, 0.5) is 22.7 Å². The average Bonchev–Trinajstić information content (AvgIpc) is 3.20. The number of rotatable bonds is 11. The number of H-pyrrole nitrogens is 2. The third-order valence-corrected chi connectivity index (χ3v) is 8.41. The van der Waals surface area contributed by atoms with E-state index in [2.05, 4.69) is 30.7 Å². The van der Waals surface area contributed by atoms with Gasteiger partial charge in [-0.05, 0) is 116 Å². The SMILES string of the molecule is CC(=O)Cn1c(C)ccc(N)c1=O.CNc1ccc(C)[nH]c1=O.CNc1ccc(C)n(CC(C)=O)c1=O.CNc1ccc(C)n(CC(C)=O)c1=O.Cc1ccc(OC=O)c(=O)[nH]1. The molecule has 62 heavy (non-hydrogen) atoms. The topological polar surface area (TPSA) is 271 Å². The minimum atomic E-state index is -0.392. The fourth-order valence-corrected chi connectivity index (χ4v) is 5.14. The largest absolute Gasteiger partial charge is 0.423 e. The number of aromatic amines is 2. The Hall–Kier alpha value is -7.57. The summed E-state index contributed by atoms with van der Waals surface area (Å²) in [5.41, 5.74) is 10.1. The fraction of sp³-hybridized carbons (Fsp3) is 0.326. The first-order valence-corrected chi connectivity index (χ1v) is 19.0. The zero-order chi connectivity index (χ0) is 47.3. The van der Waals surface area contributed by atoms with E-state index < -0.39 is 5.56 Å². The van der Waals surface area contributed by atoms with Crippen molar-refractivity contribution in [2.45, 2.75) is 75.0 Å². The number of ketones is 3. The van der Waals surface area contributed by atoms with Gasteiger partial charge in [-0.1, -0.05) is 0 Å². The first-order valence-electron chi connectivity index (χ1n) is 19.0. The van der Waals surface area contributed by atoms with Crippen LogP contribution in [-0.4, -0.2) is 68.6 Å². The molecule has 7 N–H and O–H groups in total. The number of ether oxygens (including phenoxy) is 1. The molecule has 5 aromatic heterocycles. The molecule has 0 aromatic carbocycles. The van der Waals surface area contributed by atoms with Gasteiger partial charge in [-0.3, -0.25) is 43.2 Å². The Morgan fingerprint density at radius 1 is 0.548 bits per heavy atom. The van der Waals surface area contributed by atoms with Crippen molar-refractivity contribution in [3.63, 3.8) is 0 Å². The molecule has 5 aromatic rings. The highest BCUT2D eigenvalue weighted by Crippen LogP contribution is 2.04. The maximum Gasteiger partial charge on any atom is 0.298 e. The number of carbonyl (C=O) groups excluding carboxylic acids is 4. The van der Waals surface area contributed by atoms with Gasteiger partial charge in [-0.2, -0.15) is 0 Å². The lowest BCUT2D eigenvalue weighted by molar-refractivity contribution is -0.121. The zero-order valence-electron chi connectivity index (χ0n) is 37.0. The van der Waals surface area contributed by atoms with Gasteiger partial charge in [0.25, 0.3) is 34.3 Å². The Balaban J connectivity index is 0.000000390. The van der Waals surface area contributed by atoms with Crippen molar-refractivity contribution in [2.24, 2.45) is 0 Å². The molecule has 19 nitrogen and oxygen atoms in total. The van der Waals surface area contributed by atoms with Crippen LogP contribution < -0.4 is 54.2 Å². The van der Waals surface area contributed by atoms with E-state index in [1.54, 1.807) is 71.4 Å². The van der Waals surface area contributed by atoms with Crippen LogP contribution in [0.25, 0.3) is 0 Å². The van der Waals surface area contributed by atoms with E-state index in [9.17, 15) is 43.2 Å². The second-order valence-electron chi connectivity index (χ2n) is 13.7. The van der Waals surface area contributed by atoms with Gasteiger partial charge in [0.05, 0.1) is 25.3 Å². The normalized spacial score (nSPS) is 9.73. The molecule has 334 valence electrons. The summed E-state index contributed by atoms with van der Waals surface area (Å²) in [7, 11) is 5.09. The summed E-state index contributed by atoms with van der Waals surface area (Å²) in [4.78, 5) is 104. The van der Waals surface area contributed by atoms with E-state index in [0.29, 0.717) is 17.1 Å². The van der Waals surface area contributed by atoms with Crippen molar-refractivity contribution < 1.29 is 23.9 Å². The Morgan fingerprint density at radius 2 is 0.903 bits per heavy atom. The molecule has 19 heteroatoms. The monoisotopic (exact) mass is 859 g/mol. The van der Waals surface area contributed by atoms with E-state index >= 15 is 0 Å². The number of anilines is 4. The number of carbonyl (C=O) groups is 4. The molecule has 0 saturated carbocycles. The highest BCUT2D eigenvalue weighted by Gasteiger charge is 2.08. The molecule has 0 saturated heterocycles. The standard InChI is InChI=1S/2C10H14N2O2.C9H12N2O2.C7H10N2O.C7H7NO3/c2*1-7-4-5-9(11-3)10(14)12(7)6-8(2)13;1-6-3-4-8(10)9(13)11(6)5-7(2)12;1-5-3-4-6(8-2)7(10)9-5;1-5-2-3-6(11-4-9)7(10)8-5/h2*4-5,11H,6H2,1-3H3;3-4H,5,10H2,1-2H3;3-4,8H,1-2H3,(H,9,10);2-4H,1H3,(H,8,10). The quantitative estimate of drug-likeness (QED) is 0.104. The lowest BCUT2D eigenvalue weighted by Gasteiger charge is -2.09. The van der Waals surface area contributed by atoms with E-state index in [1.165, 1.54) is 40.5 Å². The van der Waals surface area contributed by atoms with Gasteiger partial charge >= 0.3 is 0 Å².